The van der Waals surface area contributed by atoms with Crippen molar-refractivity contribution in [2.75, 3.05) is 79.3 Å². The van der Waals surface area contributed by atoms with E-state index >= 15 is 0 Å². The van der Waals surface area contributed by atoms with Gasteiger partial charge in [0.15, 0.2) is 63.9 Å². The summed E-state index contributed by atoms with van der Waals surface area (Å²) in [7, 11) is 0. The number of aliphatic hydroxyl groups is 29. The Bertz CT molecular complexity index is 3140. The van der Waals surface area contributed by atoms with E-state index in [2.05, 4.69) is 20.8 Å². The second kappa shape index (κ2) is 68.0. The van der Waals surface area contributed by atoms with Crippen LogP contribution in [0.15, 0.2) is 75.8 Å². The van der Waals surface area contributed by atoms with Crippen LogP contribution in [0.5, 0.6) is 0 Å². The number of unbranched alkanes of at least 4 members (excludes halogenated alkanes) is 27. The molecule has 0 saturated carbocycles. The van der Waals surface area contributed by atoms with Crippen LogP contribution in [-0.4, -0.2) is 320 Å². The summed E-state index contributed by atoms with van der Waals surface area (Å²) in [6.45, 7) is -0.637. The van der Waals surface area contributed by atoms with Crippen LogP contribution in [0.3, 0.4) is 0 Å². The van der Waals surface area contributed by atoms with Crippen molar-refractivity contribution in [1.29, 1.82) is 0 Å². The molecule has 129 heavy (non-hydrogen) atoms. The molecule has 0 bridgehead atoms. The van der Waals surface area contributed by atoms with Crippen molar-refractivity contribution in [2.24, 2.45) is 16.2 Å². The molecule has 0 radical (unpaired) electrons. The van der Waals surface area contributed by atoms with Gasteiger partial charge in [0.05, 0.1) is 46.2 Å². The smallest absolute Gasteiger partial charge is 0.217 e. The van der Waals surface area contributed by atoms with E-state index in [1.54, 1.807) is 25.1 Å². The number of rotatable bonds is 80. The van der Waals surface area contributed by atoms with Gasteiger partial charge in [0.25, 0.3) is 0 Å². The Morgan fingerprint density at radius 3 is 0.876 bits per heavy atom. The zero-order valence-electron chi connectivity index (χ0n) is 77.0. The Hall–Kier alpha value is -5.12. The van der Waals surface area contributed by atoms with Crippen LogP contribution in [0.1, 0.15) is 307 Å². The highest BCUT2D eigenvalue weighted by Crippen LogP contribution is 2.48. The summed E-state index contributed by atoms with van der Waals surface area (Å²) < 4.78 is 43.4. The lowest BCUT2D eigenvalue weighted by Gasteiger charge is -2.43. The fourth-order valence-electron chi connectivity index (χ4n) is 16.4. The predicted octanol–water partition coefficient (Wildman–Crippen LogP) is 9.39. The molecule has 1 aliphatic heterocycles. The average Bonchev–Trinajstić information content (AvgIpc) is 0.771. The first-order valence-electron chi connectivity index (χ1n) is 47.2. The van der Waals surface area contributed by atoms with E-state index in [9.17, 15) is 148 Å². The van der Waals surface area contributed by atoms with Gasteiger partial charge in [-0.05, 0) is 61.1 Å². The van der Waals surface area contributed by atoms with Crippen LogP contribution in [0, 0.1) is 16.2 Å². The average molecular weight is 1860 g/mol. The van der Waals surface area contributed by atoms with Gasteiger partial charge in [-0.1, -0.05) is 245 Å². The first-order valence-corrected chi connectivity index (χ1v) is 47.2. The zero-order chi connectivity index (χ0) is 96.5. The number of benzene rings is 1. The first kappa shape index (κ1) is 120. The summed E-state index contributed by atoms with van der Waals surface area (Å²) in [6.07, 6.45) is -9.42. The van der Waals surface area contributed by atoms with Crippen molar-refractivity contribution >= 4 is 0 Å². The van der Waals surface area contributed by atoms with Gasteiger partial charge in [0, 0.05) is 81.4 Å². The molecule has 6 unspecified atom stereocenters. The molecule has 1 aromatic carbocycles. The summed E-state index contributed by atoms with van der Waals surface area (Å²) in [5.41, 5.74) is -4.31. The number of aliphatic hydroxyl groups excluding tert-OH is 29. The SMILES string of the molecule is CCCCCCCCCCCCCC(CO[C@H](O)/C(O)=C(/O)[C@H](O)CCO)(CO[C@H](O)/C(O)=C(\O)[C@H](O)CCO)Cc1cc(C[C@](CCC)(CO[C@@H]2OC(CO)[C@@H](O)C(O)C2O)CO[C@H](O)/C(O)=C(\O)[C@H](O)CCO)cc(C(CCCCCCCCCC)C(CCCCCCCCCCCCC)(CO[C@H](O)/C(O)=C(/O)[C@H](O)CCO)CO[C@H](O)/C(O)=C(\O)[C@H](O)CCO)c1. The molecule has 29 N–H and O–H groups in total. The van der Waals surface area contributed by atoms with E-state index in [1.807, 2.05) is 0 Å². The van der Waals surface area contributed by atoms with Crippen molar-refractivity contribution in [3.63, 3.8) is 0 Å². The molecule has 36 nitrogen and oxygen atoms in total. The Morgan fingerprint density at radius 1 is 0.302 bits per heavy atom. The lowest BCUT2D eigenvalue weighted by Crippen LogP contribution is -2.59. The summed E-state index contributed by atoms with van der Waals surface area (Å²) in [6, 6.07) is 5.12. The van der Waals surface area contributed by atoms with Crippen LogP contribution in [0.25, 0.3) is 0 Å². The minimum Gasteiger partial charge on any atom is -0.506 e. The number of hydrogen-bond donors (Lipinski definition) is 29. The highest BCUT2D eigenvalue weighted by Gasteiger charge is 2.48. The Morgan fingerprint density at radius 2 is 0.581 bits per heavy atom. The number of hydrogen-bond acceptors (Lipinski definition) is 36. The van der Waals surface area contributed by atoms with E-state index in [4.69, 9.17) is 33.2 Å². The first-order chi connectivity index (χ1) is 61.6. The molecule has 0 aromatic heterocycles. The van der Waals surface area contributed by atoms with Gasteiger partial charge >= 0.3 is 0 Å². The second-order valence-corrected chi connectivity index (χ2v) is 35.3. The molecule has 0 amide bonds. The monoisotopic (exact) mass is 1860 g/mol. The van der Waals surface area contributed by atoms with Crippen LogP contribution >= 0.6 is 0 Å². The molecule has 1 aromatic rings. The standard InChI is InChI=1S/C93H168O36/c1-5-9-12-15-18-21-23-25-28-31-34-43-92(57-124-86(119)80(113)73(106)67(101)38-46-95,58-125-87(120)81(114)74(107)68(102)39-47-96)54-63-50-62(53-91(42-8-4,56-123-85(118)79(112)72(105)66(100)37-45-94)59-128-90-84(117)78(111)77(110)71(55-99)129-90)51-64(52-63)65(36-33-30-27-20-17-14-11-7-3)93(44-35-32-29-26-24-22-19-16-13-10-6-2,60-126-88(121)82(115)75(108)69(103)40-48-97)61-127-89(122)83(116)76(109)70(104)41-49-98/h50-52,65-71,77-78,84-90,94-122H,5-49,53-61H2,1-4H3/b79-72+,80-73-,81-74+,82-75-,83-76+/t65?,66-,67-,68-,69-,70-,71?,77-,78?,84?,85+,86+,87+,88+,89+,90-,91+,92?,93?/m1/s1. The van der Waals surface area contributed by atoms with Crippen LogP contribution in [0.4, 0.5) is 0 Å². The molecular weight excluding hydrogens is 1690 g/mol. The minimum atomic E-state index is -2.50. The molecule has 0 aliphatic carbocycles. The van der Waals surface area contributed by atoms with Gasteiger partial charge in [0.1, 0.15) is 54.9 Å². The van der Waals surface area contributed by atoms with Crippen LogP contribution in [-0.2, 0) is 46.0 Å². The third-order valence-electron chi connectivity index (χ3n) is 24.3. The van der Waals surface area contributed by atoms with Crippen LogP contribution < -0.4 is 0 Å². The fraction of sp³-hybridized carbons (Fsp3) is 0.828. The Balaban J connectivity index is 3.85. The molecule has 36 heteroatoms. The van der Waals surface area contributed by atoms with Crippen LogP contribution in [0.2, 0.25) is 0 Å². The topological polar surface area (TPSA) is 651 Å². The molecule has 1 aliphatic rings. The third-order valence-corrected chi connectivity index (χ3v) is 24.3. The molecular formula is C93H168O36. The van der Waals surface area contributed by atoms with Gasteiger partial charge in [-0.25, -0.2) is 0 Å². The molecule has 0 spiro atoms. The van der Waals surface area contributed by atoms with Crippen molar-refractivity contribution in [2.45, 2.75) is 396 Å². The lowest BCUT2D eigenvalue weighted by molar-refractivity contribution is -0.308. The highest BCUT2D eigenvalue weighted by atomic mass is 16.7. The van der Waals surface area contributed by atoms with Crippen molar-refractivity contribution in [3.05, 3.63) is 92.5 Å². The van der Waals surface area contributed by atoms with E-state index in [0.717, 1.165) is 135 Å². The zero-order valence-corrected chi connectivity index (χ0v) is 77.0. The third kappa shape index (κ3) is 44.1. The highest BCUT2D eigenvalue weighted by molar-refractivity contribution is 5.36. The Kier molecular flexibility index (Phi) is 63.2. The number of ether oxygens (including phenoxy) is 7. The van der Waals surface area contributed by atoms with Gasteiger partial charge in [0.2, 0.25) is 31.5 Å². The largest absolute Gasteiger partial charge is 0.506 e. The van der Waals surface area contributed by atoms with Gasteiger partial charge in [-0.2, -0.15) is 0 Å². The predicted molar refractivity (Wildman–Crippen MR) is 478 cm³/mol. The summed E-state index contributed by atoms with van der Waals surface area (Å²) in [5, 5.41) is 320. The maximum absolute atomic E-state index is 12.1. The lowest BCUT2D eigenvalue weighted by atomic mass is 9.66. The van der Waals surface area contributed by atoms with Crippen molar-refractivity contribution in [3.8, 4) is 0 Å². The van der Waals surface area contributed by atoms with Crippen molar-refractivity contribution in [1.82, 2.24) is 0 Å². The molecule has 19 atom stereocenters. The van der Waals surface area contributed by atoms with Gasteiger partial charge in [-0.15, -0.1) is 0 Å². The fourth-order valence-corrected chi connectivity index (χ4v) is 16.4. The summed E-state index contributed by atoms with van der Waals surface area (Å²) in [5.74, 6) is -13.5. The molecule has 756 valence electrons. The molecule has 1 fully saturated rings. The van der Waals surface area contributed by atoms with Gasteiger partial charge in [-0.3, -0.25) is 0 Å². The van der Waals surface area contributed by atoms with Gasteiger partial charge < -0.3 is 181 Å². The maximum Gasteiger partial charge on any atom is 0.217 e. The second-order valence-electron chi connectivity index (χ2n) is 35.3. The van der Waals surface area contributed by atoms with E-state index in [0.29, 0.717) is 50.5 Å². The van der Waals surface area contributed by atoms with E-state index < -0.39 is 284 Å². The van der Waals surface area contributed by atoms with E-state index in [-0.39, 0.29) is 68.9 Å². The Labute approximate surface area is 762 Å². The van der Waals surface area contributed by atoms with Crippen molar-refractivity contribution < 1.29 is 181 Å². The summed E-state index contributed by atoms with van der Waals surface area (Å²) >= 11 is 0. The molecule has 1 saturated heterocycles. The summed E-state index contributed by atoms with van der Waals surface area (Å²) in [4.78, 5) is 0. The maximum atomic E-state index is 12.1. The normalized spacial score (nSPS) is 20.9. The molecule has 2 rings (SSSR count). The minimum absolute atomic E-state index is 0.0266. The quantitative estimate of drug-likeness (QED) is 0.0164. The van der Waals surface area contributed by atoms with E-state index in [1.165, 1.54) is 0 Å². The molecule has 1 heterocycles.